The second-order valence-electron chi connectivity index (χ2n) is 1.36. The monoisotopic (exact) mass is 215 g/mol. The lowest BCUT2D eigenvalue weighted by molar-refractivity contribution is 0.566. The van der Waals surface area contributed by atoms with E-state index in [0.717, 1.165) is 0 Å². The molecule has 2 unspecified atom stereocenters. The molecule has 0 aromatic rings. The Morgan fingerprint density at radius 3 is 2.00 bits per heavy atom. The lowest BCUT2D eigenvalue weighted by Crippen LogP contribution is -2.43. The van der Waals surface area contributed by atoms with Gasteiger partial charge in [-0.2, -0.15) is 0 Å². The van der Waals surface area contributed by atoms with Crippen LogP contribution in [0.2, 0.25) is 0 Å². The van der Waals surface area contributed by atoms with Crippen molar-refractivity contribution in [3.63, 3.8) is 0 Å². The lowest BCUT2D eigenvalue weighted by Gasteiger charge is -2.08. The molecule has 4 heteroatoms. The topological polar surface area (TPSA) is 64.1 Å². The van der Waals surface area contributed by atoms with Gasteiger partial charge in [0.05, 0.1) is 6.17 Å². The highest BCUT2D eigenvalue weighted by Crippen LogP contribution is 1.83. The Labute approximate surface area is 57.0 Å². The van der Waals surface area contributed by atoms with E-state index >= 15 is 0 Å². The van der Waals surface area contributed by atoms with E-state index in [1.165, 1.54) is 0 Å². The van der Waals surface area contributed by atoms with Crippen molar-refractivity contribution in [3.05, 3.63) is 0 Å². The summed E-state index contributed by atoms with van der Waals surface area (Å²) in [4.78, 5) is 0. The zero-order valence-corrected chi connectivity index (χ0v) is 6.34. The molecule has 0 aliphatic heterocycles. The highest BCUT2D eigenvalue weighted by Gasteiger charge is 1.94. The van der Waals surface area contributed by atoms with Crippen LogP contribution in [0.25, 0.3) is 0 Å². The van der Waals surface area contributed by atoms with Crippen molar-refractivity contribution in [1.82, 2.24) is 5.32 Å². The maximum Gasteiger partial charge on any atom is 0.110 e. The average molecular weight is 215 g/mol. The Hall–Kier alpha value is 0.610. The number of hydrogen-bond donors (Lipinski definition) is 3. The maximum atomic E-state index is 5.30. The summed E-state index contributed by atoms with van der Waals surface area (Å²) in [6.07, 6.45) is -0.00750. The quantitative estimate of drug-likeness (QED) is 0.253. The van der Waals surface area contributed by atoms with E-state index in [4.69, 9.17) is 11.5 Å². The molecule has 0 saturated heterocycles. The van der Waals surface area contributed by atoms with Crippen LogP contribution in [-0.2, 0) is 0 Å². The Balaban J connectivity index is 2.95. The smallest absolute Gasteiger partial charge is 0.110 e. The Bertz CT molecular complexity index is 39.4. The standard InChI is InChI=1S/C3H10IN3/c1-2(5)7-3(4)6/h2-3,7H,5-6H2,1H3. The largest absolute Gasteiger partial charge is 0.316 e. The summed E-state index contributed by atoms with van der Waals surface area (Å²) in [7, 11) is 0. The number of nitrogens with two attached hydrogens (primary N) is 2. The van der Waals surface area contributed by atoms with Crippen molar-refractivity contribution in [3.8, 4) is 0 Å². The first-order valence-corrected chi connectivity index (χ1v) is 3.29. The zero-order valence-electron chi connectivity index (χ0n) is 4.19. The number of rotatable bonds is 2. The highest BCUT2D eigenvalue weighted by atomic mass is 127. The molecule has 2 atom stereocenters. The first-order chi connectivity index (χ1) is 3.13. The summed E-state index contributed by atoms with van der Waals surface area (Å²) in [5.41, 5.74) is 10.6. The predicted octanol–water partition coefficient (Wildman–Crippen LogP) is -0.442. The molecular formula is C3H10IN3. The molecule has 3 nitrogen and oxygen atoms in total. The first-order valence-electron chi connectivity index (χ1n) is 2.04. The molecule has 0 radical (unpaired) electrons. The van der Waals surface area contributed by atoms with Gasteiger partial charge in [-0.1, -0.05) is 0 Å². The van der Waals surface area contributed by atoms with Crippen LogP contribution in [0.3, 0.4) is 0 Å². The fourth-order valence-electron chi connectivity index (χ4n) is 0.251. The molecule has 0 heterocycles. The van der Waals surface area contributed by atoms with E-state index in [0.29, 0.717) is 0 Å². The predicted molar refractivity (Wildman–Crippen MR) is 38.8 cm³/mol. The second kappa shape index (κ2) is 3.59. The fraction of sp³-hybridized carbons (Fsp3) is 1.00. The third kappa shape index (κ3) is 6.61. The molecule has 0 bridgehead atoms. The number of hydrogen-bond acceptors (Lipinski definition) is 3. The van der Waals surface area contributed by atoms with Crippen molar-refractivity contribution in [2.75, 3.05) is 0 Å². The summed E-state index contributed by atoms with van der Waals surface area (Å²) in [5.74, 6) is 0. The van der Waals surface area contributed by atoms with E-state index in [1.807, 2.05) is 29.5 Å². The summed E-state index contributed by atoms with van der Waals surface area (Å²) in [6, 6.07) is 0. The summed E-state index contributed by atoms with van der Waals surface area (Å²) < 4.78 is -0.0300. The number of nitrogens with one attached hydrogen (secondary N) is 1. The van der Waals surface area contributed by atoms with E-state index in [9.17, 15) is 0 Å². The van der Waals surface area contributed by atoms with Crippen LogP contribution in [-0.4, -0.2) is 10.3 Å². The summed E-state index contributed by atoms with van der Waals surface area (Å²) >= 11 is 2.04. The van der Waals surface area contributed by atoms with Crippen LogP contribution in [0, 0.1) is 0 Å². The Morgan fingerprint density at radius 2 is 2.00 bits per heavy atom. The van der Waals surface area contributed by atoms with E-state index in [-0.39, 0.29) is 10.3 Å². The van der Waals surface area contributed by atoms with Gasteiger partial charge < -0.3 is 11.5 Å². The molecule has 0 aliphatic carbocycles. The van der Waals surface area contributed by atoms with Crippen LogP contribution in [0.1, 0.15) is 6.92 Å². The SMILES string of the molecule is CC(N)NC(N)I. The van der Waals surface area contributed by atoms with E-state index in [1.54, 1.807) is 0 Å². The van der Waals surface area contributed by atoms with Gasteiger partial charge in [0.2, 0.25) is 0 Å². The van der Waals surface area contributed by atoms with Crippen molar-refractivity contribution in [1.29, 1.82) is 0 Å². The highest BCUT2D eigenvalue weighted by molar-refractivity contribution is 14.1. The molecule has 7 heavy (non-hydrogen) atoms. The van der Waals surface area contributed by atoms with Gasteiger partial charge in [-0.25, -0.2) is 0 Å². The third-order valence-electron chi connectivity index (χ3n) is 0.422. The van der Waals surface area contributed by atoms with Crippen molar-refractivity contribution in [2.24, 2.45) is 11.5 Å². The first kappa shape index (κ1) is 7.61. The van der Waals surface area contributed by atoms with Crippen LogP contribution >= 0.6 is 22.6 Å². The fourth-order valence-corrected chi connectivity index (χ4v) is 0.818. The van der Waals surface area contributed by atoms with Gasteiger partial charge in [-0.05, 0) is 29.5 Å². The van der Waals surface area contributed by atoms with E-state index in [2.05, 4.69) is 5.32 Å². The zero-order chi connectivity index (χ0) is 5.86. The molecule has 0 aromatic carbocycles. The van der Waals surface area contributed by atoms with Crippen LogP contribution in [0.4, 0.5) is 0 Å². The second-order valence-corrected chi connectivity index (χ2v) is 2.70. The van der Waals surface area contributed by atoms with Crippen LogP contribution < -0.4 is 16.8 Å². The minimum absolute atomic E-state index is 0.00750. The average Bonchev–Trinajstić information content (AvgIpc) is 1.27. The van der Waals surface area contributed by atoms with Gasteiger partial charge in [0.15, 0.2) is 0 Å². The summed E-state index contributed by atoms with van der Waals surface area (Å²) in [5, 5.41) is 2.85. The lowest BCUT2D eigenvalue weighted by atomic mass is 10.6. The molecule has 0 amide bonds. The van der Waals surface area contributed by atoms with Gasteiger partial charge in [0.25, 0.3) is 0 Å². The molecule has 0 aliphatic rings. The molecule has 0 saturated carbocycles. The van der Waals surface area contributed by atoms with Crippen LogP contribution in [0.5, 0.6) is 0 Å². The molecule has 0 fully saturated rings. The molecule has 5 N–H and O–H groups in total. The third-order valence-corrected chi connectivity index (χ3v) is 0.782. The Morgan fingerprint density at radius 1 is 1.57 bits per heavy atom. The van der Waals surface area contributed by atoms with Crippen LogP contribution in [0.15, 0.2) is 0 Å². The summed E-state index contributed by atoms with van der Waals surface area (Å²) in [6.45, 7) is 1.85. The van der Waals surface area contributed by atoms with Gasteiger partial charge >= 0.3 is 0 Å². The molecule has 0 rings (SSSR count). The van der Waals surface area contributed by atoms with E-state index < -0.39 is 0 Å². The minimum atomic E-state index is -0.0300. The number of halogens is 1. The van der Waals surface area contributed by atoms with Gasteiger partial charge in [0.1, 0.15) is 4.17 Å². The van der Waals surface area contributed by atoms with Gasteiger partial charge in [-0.15, -0.1) is 0 Å². The van der Waals surface area contributed by atoms with Crippen molar-refractivity contribution < 1.29 is 0 Å². The van der Waals surface area contributed by atoms with Gasteiger partial charge in [0, 0.05) is 0 Å². The molecule has 0 spiro atoms. The maximum absolute atomic E-state index is 5.30. The Kier molecular flexibility index (Phi) is 3.91. The number of alkyl halides is 1. The van der Waals surface area contributed by atoms with Crippen molar-refractivity contribution in [2.45, 2.75) is 17.3 Å². The van der Waals surface area contributed by atoms with Gasteiger partial charge in [-0.3, -0.25) is 5.32 Å². The molecule has 0 aromatic heterocycles. The molecule has 44 valence electrons. The minimum Gasteiger partial charge on any atom is -0.316 e. The normalized spacial score (nSPS) is 18.9. The molecular weight excluding hydrogens is 205 g/mol. The van der Waals surface area contributed by atoms with Crippen molar-refractivity contribution >= 4 is 22.6 Å².